The molecule has 3 rings (SSSR count). The van der Waals surface area contributed by atoms with E-state index in [9.17, 15) is 4.79 Å². The molecule has 0 radical (unpaired) electrons. The second-order valence-corrected chi connectivity index (χ2v) is 5.47. The lowest BCUT2D eigenvalue weighted by molar-refractivity contribution is 0.0853. The summed E-state index contributed by atoms with van der Waals surface area (Å²) >= 11 is 0. The van der Waals surface area contributed by atoms with Crippen LogP contribution >= 0.6 is 0 Å². The highest BCUT2D eigenvalue weighted by Crippen LogP contribution is 2.15. The molecule has 7 heteroatoms. The molecule has 0 aliphatic carbocycles. The van der Waals surface area contributed by atoms with Gasteiger partial charge in [-0.15, -0.1) is 10.2 Å². The van der Waals surface area contributed by atoms with Gasteiger partial charge in [-0.2, -0.15) is 5.26 Å². The van der Waals surface area contributed by atoms with E-state index in [4.69, 9.17) is 10.00 Å². The van der Waals surface area contributed by atoms with E-state index in [1.807, 2.05) is 6.07 Å². The number of hydrogen-bond acceptors (Lipinski definition) is 6. The van der Waals surface area contributed by atoms with Crippen LogP contribution in [0.2, 0.25) is 0 Å². The van der Waals surface area contributed by atoms with Gasteiger partial charge >= 0.3 is 0 Å². The number of nitriles is 1. The third-order valence-electron chi connectivity index (χ3n) is 3.68. The molecule has 1 aliphatic rings. The highest BCUT2D eigenvalue weighted by Gasteiger charge is 2.17. The number of ether oxygens (including phenoxy) is 1. The Kier molecular flexibility index (Phi) is 4.99. The molecular formula is C17H17N5O2. The largest absolute Gasteiger partial charge is 0.376 e. The summed E-state index contributed by atoms with van der Waals surface area (Å²) in [5.74, 6) is 0.233. The van der Waals surface area contributed by atoms with Gasteiger partial charge in [-0.3, -0.25) is 4.79 Å². The first-order valence-corrected chi connectivity index (χ1v) is 7.75. The van der Waals surface area contributed by atoms with Crippen LogP contribution in [0.5, 0.6) is 0 Å². The maximum absolute atomic E-state index is 12.0. The summed E-state index contributed by atoms with van der Waals surface area (Å²) in [4.78, 5) is 12.0. The lowest BCUT2D eigenvalue weighted by Crippen LogP contribution is -2.32. The zero-order valence-corrected chi connectivity index (χ0v) is 13.0. The summed E-state index contributed by atoms with van der Waals surface area (Å²) < 4.78 is 5.46. The van der Waals surface area contributed by atoms with Crippen LogP contribution in [0.3, 0.4) is 0 Å². The molecule has 0 bridgehead atoms. The third kappa shape index (κ3) is 4.06. The van der Waals surface area contributed by atoms with Gasteiger partial charge in [-0.05, 0) is 43.2 Å². The molecule has 1 unspecified atom stereocenters. The van der Waals surface area contributed by atoms with Crippen LogP contribution in [0.1, 0.15) is 28.9 Å². The van der Waals surface area contributed by atoms with Crippen LogP contribution in [0.15, 0.2) is 36.4 Å². The molecule has 0 saturated carbocycles. The van der Waals surface area contributed by atoms with Gasteiger partial charge in [0.2, 0.25) is 0 Å². The van der Waals surface area contributed by atoms with E-state index in [0.717, 1.165) is 25.1 Å². The van der Waals surface area contributed by atoms with Crippen molar-refractivity contribution in [2.45, 2.75) is 18.9 Å². The van der Waals surface area contributed by atoms with Crippen molar-refractivity contribution in [1.29, 1.82) is 5.26 Å². The monoisotopic (exact) mass is 323 g/mol. The van der Waals surface area contributed by atoms with E-state index in [-0.39, 0.29) is 17.7 Å². The summed E-state index contributed by atoms with van der Waals surface area (Å²) in [6.07, 6.45) is 2.10. The van der Waals surface area contributed by atoms with Crippen molar-refractivity contribution < 1.29 is 9.53 Å². The molecule has 1 aromatic heterocycles. The number of hydrogen-bond donors (Lipinski definition) is 2. The molecule has 2 heterocycles. The molecule has 1 aliphatic heterocycles. The summed E-state index contributed by atoms with van der Waals surface area (Å²) in [6.45, 7) is 1.25. The predicted molar refractivity (Wildman–Crippen MR) is 87.8 cm³/mol. The van der Waals surface area contributed by atoms with Gasteiger partial charge in [0, 0.05) is 18.8 Å². The Balaban J connectivity index is 1.58. The number of nitrogens with one attached hydrogen (secondary N) is 2. The van der Waals surface area contributed by atoms with Crippen molar-refractivity contribution in [2.75, 3.05) is 18.5 Å². The first-order valence-electron chi connectivity index (χ1n) is 7.75. The normalized spacial score (nSPS) is 16.4. The molecule has 2 N–H and O–H groups in total. The highest BCUT2D eigenvalue weighted by molar-refractivity contribution is 5.92. The van der Waals surface area contributed by atoms with Crippen LogP contribution in [0.4, 0.5) is 11.5 Å². The van der Waals surface area contributed by atoms with Crippen LogP contribution in [-0.4, -0.2) is 35.4 Å². The topological polar surface area (TPSA) is 99.9 Å². The van der Waals surface area contributed by atoms with E-state index in [0.29, 0.717) is 17.9 Å². The number of carbonyl (C=O) groups is 1. The molecule has 1 atom stereocenters. The minimum absolute atomic E-state index is 0.0928. The Hall–Kier alpha value is -2.98. The summed E-state index contributed by atoms with van der Waals surface area (Å²) in [7, 11) is 0. The Morgan fingerprint density at radius 3 is 2.96 bits per heavy atom. The van der Waals surface area contributed by atoms with E-state index in [2.05, 4.69) is 26.9 Å². The average Bonchev–Trinajstić information content (AvgIpc) is 3.14. The fourth-order valence-corrected chi connectivity index (χ4v) is 2.44. The number of amides is 1. The predicted octanol–water partition coefficient (Wildman–Crippen LogP) is 2.00. The van der Waals surface area contributed by atoms with Crippen molar-refractivity contribution in [3.63, 3.8) is 0 Å². The fraction of sp³-hybridized carbons (Fsp3) is 0.294. The molecule has 1 aromatic carbocycles. The van der Waals surface area contributed by atoms with E-state index in [1.165, 1.54) is 0 Å². The number of rotatable bonds is 5. The maximum Gasteiger partial charge on any atom is 0.271 e. The van der Waals surface area contributed by atoms with E-state index in [1.54, 1.807) is 30.3 Å². The van der Waals surface area contributed by atoms with Crippen molar-refractivity contribution in [2.24, 2.45) is 0 Å². The van der Waals surface area contributed by atoms with E-state index < -0.39 is 0 Å². The Morgan fingerprint density at radius 1 is 1.33 bits per heavy atom. The van der Waals surface area contributed by atoms with Crippen molar-refractivity contribution in [3.8, 4) is 6.07 Å². The van der Waals surface area contributed by atoms with Crippen molar-refractivity contribution in [1.82, 2.24) is 15.5 Å². The van der Waals surface area contributed by atoms with Crippen LogP contribution in [0.25, 0.3) is 0 Å². The average molecular weight is 323 g/mol. The smallest absolute Gasteiger partial charge is 0.271 e. The molecule has 122 valence electrons. The zero-order chi connectivity index (χ0) is 16.8. The minimum Gasteiger partial charge on any atom is -0.376 e. The quantitative estimate of drug-likeness (QED) is 0.873. The van der Waals surface area contributed by atoms with Gasteiger partial charge in [-0.1, -0.05) is 6.07 Å². The maximum atomic E-state index is 12.0. The second-order valence-electron chi connectivity index (χ2n) is 5.47. The fourth-order valence-electron chi connectivity index (χ4n) is 2.44. The van der Waals surface area contributed by atoms with Gasteiger partial charge in [0.15, 0.2) is 11.5 Å². The van der Waals surface area contributed by atoms with Crippen LogP contribution < -0.4 is 10.6 Å². The summed E-state index contributed by atoms with van der Waals surface area (Å²) in [5.41, 5.74) is 1.54. The molecule has 2 aromatic rings. The summed E-state index contributed by atoms with van der Waals surface area (Å²) in [6, 6.07) is 12.4. The standard InChI is InChI=1S/C17H17N5O2/c18-10-12-3-1-4-13(9-12)20-16-7-6-15(21-22-16)17(23)19-11-14-5-2-8-24-14/h1,3-4,6-7,9,14H,2,5,8,11H2,(H,19,23)(H,20,22). The van der Waals surface area contributed by atoms with Gasteiger partial charge in [0.05, 0.1) is 17.7 Å². The number of anilines is 2. The van der Waals surface area contributed by atoms with Crippen molar-refractivity contribution in [3.05, 3.63) is 47.7 Å². The molecule has 7 nitrogen and oxygen atoms in total. The van der Waals surface area contributed by atoms with Gasteiger partial charge in [0.1, 0.15) is 0 Å². The molecular weight excluding hydrogens is 306 g/mol. The van der Waals surface area contributed by atoms with E-state index >= 15 is 0 Å². The molecule has 1 amide bonds. The Morgan fingerprint density at radius 2 is 2.25 bits per heavy atom. The highest BCUT2D eigenvalue weighted by atomic mass is 16.5. The number of nitrogens with zero attached hydrogens (tertiary/aromatic N) is 3. The molecule has 24 heavy (non-hydrogen) atoms. The molecule has 1 fully saturated rings. The first kappa shape index (κ1) is 15.9. The number of aromatic nitrogens is 2. The lowest BCUT2D eigenvalue weighted by Gasteiger charge is -2.10. The summed E-state index contributed by atoms with van der Waals surface area (Å²) in [5, 5.41) is 22.7. The number of carbonyl (C=O) groups excluding carboxylic acids is 1. The van der Waals surface area contributed by atoms with Crippen LogP contribution in [-0.2, 0) is 4.74 Å². The Labute approximate surface area is 139 Å². The SMILES string of the molecule is N#Cc1cccc(Nc2ccc(C(=O)NCC3CCCO3)nn2)c1. The van der Waals surface area contributed by atoms with Crippen LogP contribution in [0, 0.1) is 11.3 Å². The van der Waals surface area contributed by atoms with Gasteiger partial charge < -0.3 is 15.4 Å². The lowest BCUT2D eigenvalue weighted by atomic mass is 10.2. The third-order valence-corrected chi connectivity index (χ3v) is 3.68. The number of benzene rings is 1. The van der Waals surface area contributed by atoms with Gasteiger partial charge in [-0.25, -0.2) is 0 Å². The molecule has 1 saturated heterocycles. The zero-order valence-electron chi connectivity index (χ0n) is 13.0. The van der Waals surface area contributed by atoms with Crippen molar-refractivity contribution >= 4 is 17.4 Å². The molecule has 0 spiro atoms. The van der Waals surface area contributed by atoms with Gasteiger partial charge in [0.25, 0.3) is 5.91 Å². The second kappa shape index (κ2) is 7.53. The minimum atomic E-state index is -0.268. The Bertz CT molecular complexity index is 748. The first-order chi connectivity index (χ1) is 11.7.